The van der Waals surface area contributed by atoms with E-state index in [-0.39, 0.29) is 4.90 Å². The Labute approximate surface area is 188 Å². The van der Waals surface area contributed by atoms with Crippen LogP contribution in [0.5, 0.6) is 11.5 Å². The van der Waals surface area contributed by atoms with Crippen LogP contribution in [0.25, 0.3) is 11.3 Å². The fourth-order valence-corrected chi connectivity index (χ4v) is 5.51. The zero-order chi connectivity index (χ0) is 22.9. The summed E-state index contributed by atoms with van der Waals surface area (Å²) in [6.45, 7) is 5.58. The molecule has 9 heteroatoms. The Morgan fingerprint density at radius 3 is 2.25 bits per heavy atom. The summed E-state index contributed by atoms with van der Waals surface area (Å²) in [5.74, 6) is 1.63. The molecule has 1 aliphatic heterocycles. The normalized spacial score (nSPS) is 15.1. The van der Waals surface area contributed by atoms with Gasteiger partial charge in [-0.3, -0.25) is 0 Å². The van der Waals surface area contributed by atoms with Gasteiger partial charge in [-0.05, 0) is 44.2 Å². The maximum Gasteiger partial charge on any atom is 0.246 e. The van der Waals surface area contributed by atoms with Gasteiger partial charge in [-0.15, -0.1) is 0 Å². The highest BCUT2D eigenvalue weighted by Gasteiger charge is 2.32. The number of ether oxygens (including phenoxy) is 2. The molecule has 0 N–H and O–H groups in total. The van der Waals surface area contributed by atoms with Crippen molar-refractivity contribution in [3.8, 4) is 22.8 Å². The van der Waals surface area contributed by atoms with Gasteiger partial charge in [0, 0.05) is 37.3 Å². The second-order valence-electron chi connectivity index (χ2n) is 7.65. The van der Waals surface area contributed by atoms with E-state index in [0.717, 1.165) is 22.7 Å². The van der Waals surface area contributed by atoms with Crippen LogP contribution in [0, 0.1) is 13.8 Å². The number of hydrogen-bond acceptors (Lipinski definition) is 7. The first-order chi connectivity index (χ1) is 15.4. The van der Waals surface area contributed by atoms with Crippen molar-refractivity contribution in [2.75, 3.05) is 45.3 Å². The first-order valence-corrected chi connectivity index (χ1v) is 11.8. The maximum atomic E-state index is 13.6. The van der Waals surface area contributed by atoms with Crippen molar-refractivity contribution in [3.63, 3.8) is 0 Å². The molecule has 2 heterocycles. The number of para-hydroxylation sites is 2. The van der Waals surface area contributed by atoms with Crippen LogP contribution in [0.4, 0.5) is 5.69 Å². The van der Waals surface area contributed by atoms with Crippen molar-refractivity contribution in [3.05, 3.63) is 53.7 Å². The Kier molecular flexibility index (Phi) is 6.12. The van der Waals surface area contributed by atoms with Crippen LogP contribution >= 0.6 is 0 Å². The minimum Gasteiger partial charge on any atom is -0.495 e. The molecule has 2 aromatic carbocycles. The molecule has 0 unspecified atom stereocenters. The molecule has 0 aliphatic carbocycles. The van der Waals surface area contributed by atoms with Crippen LogP contribution < -0.4 is 14.4 Å². The largest absolute Gasteiger partial charge is 0.495 e. The minimum atomic E-state index is -3.77. The molecule has 0 radical (unpaired) electrons. The van der Waals surface area contributed by atoms with E-state index < -0.39 is 10.0 Å². The van der Waals surface area contributed by atoms with Crippen molar-refractivity contribution < 1.29 is 22.4 Å². The number of piperazine rings is 1. The monoisotopic (exact) mass is 457 g/mol. The number of aromatic nitrogens is 1. The van der Waals surface area contributed by atoms with E-state index in [2.05, 4.69) is 10.1 Å². The molecular formula is C23H27N3O5S. The first-order valence-electron chi connectivity index (χ1n) is 10.4. The maximum absolute atomic E-state index is 13.6. The zero-order valence-electron chi connectivity index (χ0n) is 18.7. The lowest BCUT2D eigenvalue weighted by molar-refractivity contribution is 0.370. The molecule has 1 fully saturated rings. The number of sulfonamides is 1. The van der Waals surface area contributed by atoms with Gasteiger partial charge in [0.25, 0.3) is 0 Å². The third-order valence-corrected chi connectivity index (χ3v) is 7.79. The van der Waals surface area contributed by atoms with Crippen LogP contribution in [-0.4, -0.2) is 58.3 Å². The Hall–Kier alpha value is -3.04. The smallest absolute Gasteiger partial charge is 0.246 e. The quantitative estimate of drug-likeness (QED) is 0.560. The van der Waals surface area contributed by atoms with Crippen LogP contribution in [0.2, 0.25) is 0 Å². The van der Waals surface area contributed by atoms with Gasteiger partial charge in [-0.1, -0.05) is 17.3 Å². The summed E-state index contributed by atoms with van der Waals surface area (Å²) in [5.41, 5.74) is 3.26. The van der Waals surface area contributed by atoms with E-state index in [1.807, 2.05) is 38.1 Å². The van der Waals surface area contributed by atoms with Crippen molar-refractivity contribution in [1.82, 2.24) is 9.46 Å². The van der Waals surface area contributed by atoms with Crippen molar-refractivity contribution >= 4 is 15.7 Å². The van der Waals surface area contributed by atoms with E-state index in [4.69, 9.17) is 14.0 Å². The molecule has 1 saturated heterocycles. The predicted molar refractivity (Wildman–Crippen MR) is 122 cm³/mol. The highest BCUT2D eigenvalue weighted by Crippen LogP contribution is 2.35. The van der Waals surface area contributed by atoms with Crippen molar-refractivity contribution in [2.45, 2.75) is 18.7 Å². The zero-order valence-corrected chi connectivity index (χ0v) is 19.5. The lowest BCUT2D eigenvalue weighted by atomic mass is 10.1. The lowest BCUT2D eigenvalue weighted by Crippen LogP contribution is -2.48. The standard InChI is InChI=1S/C23H27N3O5S/c1-16-17(2)24-31-23(16)18-9-10-21(30-4)22(15-18)32(27,28)26-13-11-25(12-14-26)19-7-5-6-8-20(19)29-3/h5-10,15H,11-14H2,1-4H3. The van der Waals surface area contributed by atoms with Crippen LogP contribution in [-0.2, 0) is 10.0 Å². The molecule has 1 aliphatic rings. The molecule has 32 heavy (non-hydrogen) atoms. The molecule has 8 nitrogen and oxygen atoms in total. The first kappa shape index (κ1) is 22.2. The third kappa shape index (κ3) is 3.93. The molecular weight excluding hydrogens is 430 g/mol. The summed E-state index contributed by atoms with van der Waals surface area (Å²) >= 11 is 0. The van der Waals surface area contributed by atoms with Crippen molar-refractivity contribution in [2.24, 2.45) is 0 Å². The van der Waals surface area contributed by atoms with Gasteiger partial charge in [0.15, 0.2) is 5.76 Å². The fraction of sp³-hybridized carbons (Fsp3) is 0.348. The predicted octanol–water partition coefficient (Wildman–Crippen LogP) is 3.49. The van der Waals surface area contributed by atoms with E-state index in [1.54, 1.807) is 25.3 Å². The fourth-order valence-electron chi connectivity index (χ4n) is 3.90. The highest BCUT2D eigenvalue weighted by molar-refractivity contribution is 7.89. The Bertz CT molecular complexity index is 1210. The van der Waals surface area contributed by atoms with Gasteiger partial charge in [0.1, 0.15) is 16.4 Å². The summed E-state index contributed by atoms with van der Waals surface area (Å²) in [4.78, 5) is 2.26. The van der Waals surface area contributed by atoms with Gasteiger partial charge in [-0.2, -0.15) is 4.31 Å². The van der Waals surface area contributed by atoms with E-state index in [9.17, 15) is 8.42 Å². The molecule has 0 spiro atoms. The Balaban J connectivity index is 1.61. The van der Waals surface area contributed by atoms with Gasteiger partial charge in [0.05, 0.1) is 25.6 Å². The van der Waals surface area contributed by atoms with E-state index in [0.29, 0.717) is 43.3 Å². The molecule has 170 valence electrons. The number of hydrogen-bond donors (Lipinski definition) is 0. The molecule has 0 saturated carbocycles. The van der Waals surface area contributed by atoms with E-state index >= 15 is 0 Å². The average molecular weight is 458 g/mol. The SMILES string of the molecule is COc1ccccc1N1CCN(S(=O)(=O)c2cc(-c3onc(C)c3C)ccc2OC)CC1. The number of aryl methyl sites for hydroxylation is 1. The summed E-state index contributed by atoms with van der Waals surface area (Å²) in [7, 11) is -0.669. The Morgan fingerprint density at radius 1 is 0.938 bits per heavy atom. The third-order valence-electron chi connectivity index (χ3n) is 5.87. The van der Waals surface area contributed by atoms with Gasteiger partial charge in [0.2, 0.25) is 10.0 Å². The number of benzene rings is 2. The highest BCUT2D eigenvalue weighted by atomic mass is 32.2. The van der Waals surface area contributed by atoms with Crippen molar-refractivity contribution in [1.29, 1.82) is 0 Å². The number of methoxy groups -OCH3 is 2. The number of rotatable bonds is 6. The number of anilines is 1. The second-order valence-corrected chi connectivity index (χ2v) is 9.56. The van der Waals surface area contributed by atoms with E-state index in [1.165, 1.54) is 11.4 Å². The van der Waals surface area contributed by atoms with Gasteiger partial charge in [-0.25, -0.2) is 8.42 Å². The molecule has 0 bridgehead atoms. The van der Waals surface area contributed by atoms with Crippen LogP contribution in [0.1, 0.15) is 11.3 Å². The topological polar surface area (TPSA) is 85.1 Å². The summed E-state index contributed by atoms with van der Waals surface area (Å²) in [5, 5.41) is 3.99. The summed E-state index contributed by atoms with van der Waals surface area (Å²) < 4.78 is 44.9. The summed E-state index contributed by atoms with van der Waals surface area (Å²) in [6.07, 6.45) is 0. The average Bonchev–Trinajstić information content (AvgIpc) is 3.16. The molecule has 1 aromatic heterocycles. The lowest BCUT2D eigenvalue weighted by Gasteiger charge is -2.36. The van der Waals surface area contributed by atoms with Crippen LogP contribution in [0.15, 0.2) is 51.9 Å². The van der Waals surface area contributed by atoms with Gasteiger partial charge >= 0.3 is 0 Å². The Morgan fingerprint density at radius 2 is 1.62 bits per heavy atom. The molecule has 0 amide bonds. The second kappa shape index (κ2) is 8.84. The molecule has 0 atom stereocenters. The molecule has 3 aromatic rings. The summed E-state index contributed by atoms with van der Waals surface area (Å²) in [6, 6.07) is 12.8. The molecule has 4 rings (SSSR count). The minimum absolute atomic E-state index is 0.122. The van der Waals surface area contributed by atoms with Crippen LogP contribution in [0.3, 0.4) is 0 Å². The number of nitrogens with zero attached hydrogens (tertiary/aromatic N) is 3. The van der Waals surface area contributed by atoms with Gasteiger partial charge < -0.3 is 18.9 Å².